The molecule has 0 atom stereocenters. The van der Waals surface area contributed by atoms with Crippen LogP contribution < -0.4 is 10.1 Å². The van der Waals surface area contributed by atoms with Gasteiger partial charge in [-0.3, -0.25) is 9.48 Å². The number of hydrogen-bond acceptors (Lipinski definition) is 6. The van der Waals surface area contributed by atoms with Gasteiger partial charge in [-0.25, -0.2) is 4.79 Å². The maximum Gasteiger partial charge on any atom is 0.360 e. The third kappa shape index (κ3) is 3.80. The molecular formula is C22H23N3O5. The first-order chi connectivity index (χ1) is 14.5. The average Bonchev–Trinajstić information content (AvgIpc) is 3.47. The third-order valence-electron chi connectivity index (χ3n) is 5.29. The molecule has 1 aliphatic carbocycles. The maximum atomic E-state index is 12.6. The molecule has 2 aromatic heterocycles. The number of aromatic nitrogens is 2. The highest BCUT2D eigenvalue weighted by Gasteiger charge is 2.23. The molecule has 0 saturated carbocycles. The van der Waals surface area contributed by atoms with Crippen LogP contribution in [-0.4, -0.2) is 28.8 Å². The Labute approximate surface area is 173 Å². The van der Waals surface area contributed by atoms with Crippen LogP contribution in [0.5, 0.6) is 5.75 Å². The van der Waals surface area contributed by atoms with Crippen molar-refractivity contribution in [1.29, 1.82) is 0 Å². The van der Waals surface area contributed by atoms with Crippen molar-refractivity contribution in [2.45, 2.75) is 32.8 Å². The van der Waals surface area contributed by atoms with E-state index in [1.165, 1.54) is 29.3 Å². The van der Waals surface area contributed by atoms with Crippen molar-refractivity contribution < 1.29 is 23.5 Å². The van der Waals surface area contributed by atoms with E-state index in [1.54, 1.807) is 26.1 Å². The second-order valence-electron chi connectivity index (χ2n) is 7.22. The van der Waals surface area contributed by atoms with E-state index < -0.39 is 11.9 Å². The molecule has 2 heterocycles. The summed E-state index contributed by atoms with van der Waals surface area (Å²) in [6.45, 7) is 1.96. The normalized spacial score (nSPS) is 12.5. The lowest BCUT2D eigenvalue weighted by Crippen LogP contribution is -2.14. The number of esters is 1. The van der Waals surface area contributed by atoms with Crippen LogP contribution >= 0.6 is 0 Å². The van der Waals surface area contributed by atoms with E-state index in [0.717, 1.165) is 18.6 Å². The van der Waals surface area contributed by atoms with E-state index in [2.05, 4.69) is 22.5 Å². The van der Waals surface area contributed by atoms with E-state index in [4.69, 9.17) is 13.9 Å². The number of nitrogens with zero attached hydrogens (tertiary/aromatic N) is 2. The SMILES string of the molecule is COC(=O)c1nn(C)c(C)c1NC(=O)c1ccc(COc2ccc3c(c2)CCC3)o1. The number of nitrogens with one attached hydrogen (secondary N) is 1. The van der Waals surface area contributed by atoms with Crippen LogP contribution in [0.1, 0.15) is 50.0 Å². The van der Waals surface area contributed by atoms with Crippen molar-refractivity contribution in [3.05, 3.63) is 64.4 Å². The molecule has 0 unspecified atom stereocenters. The van der Waals surface area contributed by atoms with Gasteiger partial charge in [0.15, 0.2) is 11.5 Å². The highest BCUT2D eigenvalue weighted by molar-refractivity contribution is 6.06. The molecule has 1 aromatic carbocycles. The fourth-order valence-corrected chi connectivity index (χ4v) is 3.54. The molecule has 0 radical (unpaired) electrons. The smallest absolute Gasteiger partial charge is 0.360 e. The van der Waals surface area contributed by atoms with Gasteiger partial charge >= 0.3 is 5.97 Å². The number of carbonyl (C=O) groups excluding carboxylic acids is 2. The molecule has 1 aliphatic rings. The molecule has 0 bridgehead atoms. The maximum absolute atomic E-state index is 12.6. The largest absolute Gasteiger partial charge is 0.486 e. The fourth-order valence-electron chi connectivity index (χ4n) is 3.54. The van der Waals surface area contributed by atoms with Gasteiger partial charge in [-0.05, 0) is 61.6 Å². The molecule has 156 valence electrons. The summed E-state index contributed by atoms with van der Waals surface area (Å²) < 4.78 is 17.7. The first-order valence-corrected chi connectivity index (χ1v) is 9.73. The Balaban J connectivity index is 1.43. The van der Waals surface area contributed by atoms with Gasteiger partial charge in [-0.2, -0.15) is 5.10 Å². The monoisotopic (exact) mass is 409 g/mol. The van der Waals surface area contributed by atoms with E-state index >= 15 is 0 Å². The number of fused-ring (bicyclic) bond motifs is 1. The Bertz CT molecular complexity index is 1110. The van der Waals surface area contributed by atoms with Gasteiger partial charge in [0.1, 0.15) is 18.1 Å². The molecule has 3 aromatic rings. The quantitative estimate of drug-likeness (QED) is 0.627. The van der Waals surface area contributed by atoms with Gasteiger partial charge in [0.05, 0.1) is 18.5 Å². The van der Waals surface area contributed by atoms with Crippen LogP contribution in [0.2, 0.25) is 0 Å². The van der Waals surface area contributed by atoms with Crippen LogP contribution in [0.4, 0.5) is 5.69 Å². The molecule has 0 saturated heterocycles. The number of rotatable bonds is 6. The number of methoxy groups -OCH3 is 1. The van der Waals surface area contributed by atoms with Gasteiger partial charge in [0.25, 0.3) is 5.91 Å². The van der Waals surface area contributed by atoms with Gasteiger partial charge < -0.3 is 19.2 Å². The Hall–Kier alpha value is -3.55. The summed E-state index contributed by atoms with van der Waals surface area (Å²) in [6.07, 6.45) is 3.39. The van der Waals surface area contributed by atoms with Gasteiger partial charge in [0, 0.05) is 7.05 Å². The lowest BCUT2D eigenvalue weighted by atomic mass is 10.1. The van der Waals surface area contributed by atoms with Crippen LogP contribution in [0, 0.1) is 6.92 Å². The Morgan fingerprint density at radius 2 is 2.00 bits per heavy atom. The topological polar surface area (TPSA) is 95.6 Å². The Morgan fingerprint density at radius 3 is 2.80 bits per heavy atom. The summed E-state index contributed by atoms with van der Waals surface area (Å²) in [5.41, 5.74) is 3.67. The number of carbonyl (C=O) groups is 2. The third-order valence-corrected chi connectivity index (χ3v) is 5.29. The summed E-state index contributed by atoms with van der Waals surface area (Å²) >= 11 is 0. The van der Waals surface area contributed by atoms with E-state index in [-0.39, 0.29) is 18.1 Å². The second-order valence-corrected chi connectivity index (χ2v) is 7.22. The predicted octanol–water partition coefficient (Wildman–Crippen LogP) is 3.43. The van der Waals surface area contributed by atoms with Gasteiger partial charge in [0.2, 0.25) is 0 Å². The summed E-state index contributed by atoms with van der Waals surface area (Å²) in [7, 11) is 2.94. The van der Waals surface area contributed by atoms with Crippen LogP contribution in [-0.2, 0) is 31.2 Å². The Kier molecular flexibility index (Phi) is 5.31. The lowest BCUT2D eigenvalue weighted by Gasteiger charge is -2.07. The number of amides is 1. The molecule has 30 heavy (non-hydrogen) atoms. The van der Waals surface area contributed by atoms with Crippen molar-refractivity contribution in [2.24, 2.45) is 7.05 Å². The van der Waals surface area contributed by atoms with Crippen LogP contribution in [0.3, 0.4) is 0 Å². The zero-order valence-corrected chi connectivity index (χ0v) is 17.2. The molecule has 1 amide bonds. The van der Waals surface area contributed by atoms with Crippen molar-refractivity contribution in [3.8, 4) is 5.75 Å². The number of aryl methyl sites for hydroxylation is 3. The summed E-state index contributed by atoms with van der Waals surface area (Å²) in [5, 5.41) is 6.79. The van der Waals surface area contributed by atoms with Crippen molar-refractivity contribution in [2.75, 3.05) is 12.4 Å². The molecule has 8 nitrogen and oxygen atoms in total. The number of anilines is 1. The van der Waals surface area contributed by atoms with Crippen LogP contribution in [0.25, 0.3) is 0 Å². The molecular weight excluding hydrogens is 386 g/mol. The van der Waals surface area contributed by atoms with Crippen molar-refractivity contribution in [3.63, 3.8) is 0 Å². The second kappa shape index (κ2) is 8.06. The summed E-state index contributed by atoms with van der Waals surface area (Å²) in [6, 6.07) is 9.40. The molecule has 0 aliphatic heterocycles. The van der Waals surface area contributed by atoms with Crippen molar-refractivity contribution >= 4 is 17.6 Å². The van der Waals surface area contributed by atoms with Gasteiger partial charge in [-0.1, -0.05) is 6.07 Å². The van der Waals surface area contributed by atoms with E-state index in [1.807, 2.05) is 6.07 Å². The summed E-state index contributed by atoms with van der Waals surface area (Å²) in [5.74, 6) is 0.307. The summed E-state index contributed by atoms with van der Waals surface area (Å²) in [4.78, 5) is 24.5. The number of hydrogen-bond donors (Lipinski definition) is 1. The van der Waals surface area contributed by atoms with Crippen LogP contribution in [0.15, 0.2) is 34.7 Å². The molecule has 4 rings (SSSR count). The number of ether oxygens (including phenoxy) is 2. The lowest BCUT2D eigenvalue weighted by molar-refractivity contribution is 0.0594. The number of furan rings is 1. The number of benzene rings is 1. The van der Waals surface area contributed by atoms with Gasteiger partial charge in [-0.15, -0.1) is 0 Å². The van der Waals surface area contributed by atoms with Crippen molar-refractivity contribution in [1.82, 2.24) is 9.78 Å². The fraction of sp³-hybridized carbons (Fsp3) is 0.318. The minimum absolute atomic E-state index is 0.0394. The minimum atomic E-state index is -0.628. The highest BCUT2D eigenvalue weighted by Crippen LogP contribution is 2.27. The molecule has 1 N–H and O–H groups in total. The Morgan fingerprint density at radius 1 is 1.20 bits per heavy atom. The molecule has 0 spiro atoms. The molecule has 0 fully saturated rings. The molecule has 8 heteroatoms. The van der Waals surface area contributed by atoms with E-state index in [9.17, 15) is 9.59 Å². The average molecular weight is 409 g/mol. The zero-order chi connectivity index (χ0) is 21.3. The first-order valence-electron chi connectivity index (χ1n) is 9.73. The zero-order valence-electron chi connectivity index (χ0n) is 17.2. The predicted molar refractivity (Wildman–Crippen MR) is 109 cm³/mol. The first kappa shape index (κ1) is 19.8. The highest BCUT2D eigenvalue weighted by atomic mass is 16.5. The standard InChI is InChI=1S/C22H23N3O5/c1-13-19(20(22(27)28-3)24-25(13)2)23-21(26)18-10-9-17(30-18)12-29-16-8-7-14-5-4-6-15(14)11-16/h7-11H,4-6,12H2,1-3H3,(H,23,26). The van der Waals surface area contributed by atoms with E-state index in [0.29, 0.717) is 17.1 Å². The minimum Gasteiger partial charge on any atom is -0.486 e.